The van der Waals surface area contributed by atoms with Crippen LogP contribution in [0.5, 0.6) is 0 Å². The standard InChI is InChI=1S/C31H50O4.C29H52O2.C27H46O/c1-20(2)7-6-8-21(3)25-11-12-26-24-10-9-22-19-23(35-29(34)14-13-28(32)33)15-17-30(22,4)27(24)16-18-31(25,26)5;1-9-25(6)28-27(26(7)21-30)18-20-29(8,31-28)19-12-17-24(5)16-11-15-23(4)14-10-13-22(2)3;1-18(2)7-6-8-19(3)23-11-12-24-22-10-9-20-17-21(28)13-15-26(20,4)25(22)14-16-27(23,24)5/h9,20-21,23-27H,6-8,10-19H2,1-5H3,(H,32,33);9,21-24,30H,10-20H2,1-8H3;9,18-19,21-25,28H,6-8,10-17H2,1-5H3/b;25-9+,26-21+;/t21-,23+,24+,25-,26+,27+,30+,31-;23-,24-,29-;19-,21+,22+,23-,24+,25+,26+,27-/m111/s1. The van der Waals surface area contributed by atoms with Gasteiger partial charge in [0.1, 0.15) is 17.5 Å². The van der Waals surface area contributed by atoms with E-state index in [2.05, 4.69) is 136 Å². The number of ether oxygens (including phenoxy) is 2. The quantitative estimate of drug-likeness (QED) is 0.0406. The maximum Gasteiger partial charge on any atom is 0.306 e. The van der Waals surface area contributed by atoms with Crippen molar-refractivity contribution >= 4 is 11.9 Å². The molecule has 0 saturated heterocycles. The van der Waals surface area contributed by atoms with Gasteiger partial charge in [-0.25, -0.2) is 0 Å². The number of fused-ring (bicyclic) bond motifs is 10. The molecule has 9 rings (SSSR count). The molecule has 6 saturated carbocycles. The predicted molar refractivity (Wildman–Crippen MR) is 395 cm³/mol. The summed E-state index contributed by atoms with van der Waals surface area (Å²) in [5.74, 6) is 12.7. The van der Waals surface area contributed by atoms with Crippen LogP contribution in [0.2, 0.25) is 0 Å². The van der Waals surface area contributed by atoms with E-state index < -0.39 is 5.97 Å². The molecule has 6 fully saturated rings. The zero-order valence-corrected chi connectivity index (χ0v) is 64.3. The molecular formula is C87H148O7. The molecule has 0 unspecified atom stereocenters. The van der Waals surface area contributed by atoms with E-state index in [4.69, 9.17) is 14.6 Å². The van der Waals surface area contributed by atoms with Crippen molar-refractivity contribution in [3.63, 3.8) is 0 Å². The number of aliphatic hydroxyl groups excluding tert-OH is 2. The number of allylic oxidation sites excluding steroid dienone is 6. The Balaban J connectivity index is 0.000000201. The highest BCUT2D eigenvalue weighted by atomic mass is 16.5. The van der Waals surface area contributed by atoms with Crippen LogP contribution in [-0.4, -0.2) is 45.1 Å². The fraction of sp³-hybridized carbons (Fsp3) is 0.862. The summed E-state index contributed by atoms with van der Waals surface area (Å²) in [4.78, 5) is 22.9. The summed E-state index contributed by atoms with van der Waals surface area (Å²) >= 11 is 0. The predicted octanol–water partition coefficient (Wildman–Crippen LogP) is 24.9. The van der Waals surface area contributed by atoms with Crippen LogP contribution in [0.3, 0.4) is 0 Å². The number of carboxylic acids is 1. The number of esters is 1. The van der Waals surface area contributed by atoms with Gasteiger partial charge >= 0.3 is 11.9 Å². The van der Waals surface area contributed by atoms with E-state index in [-0.39, 0.29) is 42.0 Å². The lowest BCUT2D eigenvalue weighted by molar-refractivity contribution is -0.154. The number of rotatable bonds is 28. The van der Waals surface area contributed by atoms with E-state index >= 15 is 0 Å². The van der Waals surface area contributed by atoms with Gasteiger partial charge in [0.2, 0.25) is 0 Å². The first kappa shape index (κ1) is 78.5. The molecule has 7 heteroatoms. The minimum absolute atomic E-state index is 0.0236. The van der Waals surface area contributed by atoms with Crippen molar-refractivity contribution in [2.45, 2.75) is 367 Å². The molecular weight excluding hydrogens is 1160 g/mol. The largest absolute Gasteiger partial charge is 0.515 e. The van der Waals surface area contributed by atoms with Gasteiger partial charge in [0, 0.05) is 12.0 Å². The maximum absolute atomic E-state index is 12.1. The molecule has 1 heterocycles. The van der Waals surface area contributed by atoms with Crippen LogP contribution in [-0.2, 0) is 19.1 Å². The summed E-state index contributed by atoms with van der Waals surface area (Å²) in [5, 5.41) is 28.5. The molecule has 0 aromatic heterocycles. The van der Waals surface area contributed by atoms with Gasteiger partial charge in [0.05, 0.1) is 25.2 Å². The van der Waals surface area contributed by atoms with Crippen molar-refractivity contribution in [3.8, 4) is 0 Å². The van der Waals surface area contributed by atoms with Crippen LogP contribution in [0.4, 0.5) is 0 Å². The van der Waals surface area contributed by atoms with Gasteiger partial charge in [0.25, 0.3) is 0 Å². The number of carbonyl (C=O) groups is 2. The van der Waals surface area contributed by atoms with Crippen LogP contribution >= 0.6 is 0 Å². The summed E-state index contributed by atoms with van der Waals surface area (Å²) in [6, 6.07) is 0. The van der Waals surface area contributed by atoms with E-state index in [0.29, 0.717) is 16.2 Å². The molecule has 538 valence electrons. The first-order valence-electron chi connectivity index (χ1n) is 40.3. The lowest BCUT2D eigenvalue weighted by atomic mass is 9.47. The molecule has 9 aliphatic rings. The number of aliphatic carboxylic acids is 1. The van der Waals surface area contributed by atoms with Gasteiger partial charge in [0.15, 0.2) is 0 Å². The minimum atomic E-state index is -0.942. The number of carboxylic acid groups (broad SMARTS) is 1. The second kappa shape index (κ2) is 35.0. The number of carbonyl (C=O) groups excluding carboxylic acids is 1. The molecule has 94 heavy (non-hydrogen) atoms. The zero-order chi connectivity index (χ0) is 68.9. The fourth-order valence-electron chi connectivity index (χ4n) is 22.6. The van der Waals surface area contributed by atoms with Crippen molar-refractivity contribution in [2.24, 2.45) is 110 Å². The molecule has 0 spiro atoms. The van der Waals surface area contributed by atoms with Gasteiger partial charge in [-0.3, -0.25) is 9.59 Å². The number of hydrogen-bond acceptors (Lipinski definition) is 6. The summed E-state index contributed by atoms with van der Waals surface area (Å²) in [7, 11) is 0. The van der Waals surface area contributed by atoms with Gasteiger partial charge < -0.3 is 24.8 Å². The lowest BCUT2D eigenvalue weighted by Crippen LogP contribution is -2.51. The first-order chi connectivity index (χ1) is 44.4. The summed E-state index contributed by atoms with van der Waals surface area (Å²) in [6.07, 6.45) is 50.5. The normalized spacial score (nSPS) is 35.9. The molecule has 19 atom stereocenters. The second-order valence-electron chi connectivity index (χ2n) is 36.7. The van der Waals surface area contributed by atoms with E-state index in [1.165, 1.54) is 172 Å². The van der Waals surface area contributed by atoms with E-state index in [9.17, 15) is 19.8 Å². The van der Waals surface area contributed by atoms with Crippen molar-refractivity contribution in [1.29, 1.82) is 0 Å². The third kappa shape index (κ3) is 19.6. The SMILES string of the molecule is C/C=C(\C)C1=C(/C(C)=C/O)CC[C@@](C)(CCC[C@H](C)CCC[C@H](C)CCCC(C)C)O1.CC(C)CCC[C@@H](C)[C@H]1CC[C@H]2[C@@H]3CC=C4C[C@@H](O)CC[C@]4(C)[C@H]3CC[C@]12C.CC(C)CCC[C@@H](C)[C@H]1CC[C@H]2[C@@H]3CC=C4C[C@@H](OC(=O)CCC(=O)O)CC[C@]4(C)[C@H]3CC[C@]12C. The Morgan fingerprint density at radius 2 is 1.03 bits per heavy atom. The summed E-state index contributed by atoms with van der Waals surface area (Å²) in [6.45, 7) is 42.9. The van der Waals surface area contributed by atoms with Crippen molar-refractivity contribution in [3.05, 3.63) is 58.1 Å². The lowest BCUT2D eigenvalue weighted by Gasteiger charge is -2.58. The minimum Gasteiger partial charge on any atom is -0.515 e. The molecule has 0 aromatic carbocycles. The average molecular weight is 1310 g/mol. The number of hydrogen-bond donors (Lipinski definition) is 3. The molecule has 3 N–H and O–H groups in total. The van der Waals surface area contributed by atoms with Gasteiger partial charge in [-0.2, -0.15) is 0 Å². The Morgan fingerprint density at radius 1 is 0.564 bits per heavy atom. The third-order valence-electron chi connectivity index (χ3n) is 28.6. The summed E-state index contributed by atoms with van der Waals surface area (Å²) in [5.41, 5.74) is 8.03. The average Bonchev–Trinajstić information content (AvgIpc) is 1.39. The van der Waals surface area contributed by atoms with Crippen molar-refractivity contribution in [2.75, 3.05) is 0 Å². The number of aliphatic hydroxyl groups is 2. The highest BCUT2D eigenvalue weighted by Crippen LogP contribution is 2.69. The molecule has 0 amide bonds. The smallest absolute Gasteiger partial charge is 0.306 e. The Kier molecular flexibility index (Phi) is 29.2. The molecule has 1 aliphatic heterocycles. The highest BCUT2D eigenvalue weighted by Gasteiger charge is 2.61. The van der Waals surface area contributed by atoms with Gasteiger partial charge in [-0.1, -0.05) is 210 Å². The van der Waals surface area contributed by atoms with E-state index in [0.717, 1.165) is 163 Å². The first-order valence-corrected chi connectivity index (χ1v) is 40.3. The zero-order valence-electron chi connectivity index (χ0n) is 64.3. The van der Waals surface area contributed by atoms with Crippen LogP contribution in [0.15, 0.2) is 58.1 Å². The Labute approximate surface area is 579 Å². The van der Waals surface area contributed by atoms with Crippen LogP contribution < -0.4 is 0 Å². The van der Waals surface area contributed by atoms with E-state index in [1.54, 1.807) is 5.57 Å². The van der Waals surface area contributed by atoms with Crippen molar-refractivity contribution in [1.82, 2.24) is 0 Å². The Hall–Kier alpha value is -2.80. The Bertz CT molecular complexity index is 2560. The topological polar surface area (TPSA) is 113 Å². The molecule has 8 aliphatic carbocycles. The van der Waals surface area contributed by atoms with Crippen LogP contribution in [0, 0.1) is 110 Å². The molecule has 0 radical (unpaired) electrons. The Morgan fingerprint density at radius 3 is 1.51 bits per heavy atom. The maximum atomic E-state index is 12.1. The van der Waals surface area contributed by atoms with Crippen molar-refractivity contribution < 1.29 is 34.4 Å². The summed E-state index contributed by atoms with van der Waals surface area (Å²) < 4.78 is 12.3. The van der Waals surface area contributed by atoms with Crippen LogP contribution in [0.1, 0.15) is 349 Å². The van der Waals surface area contributed by atoms with Crippen LogP contribution in [0.25, 0.3) is 0 Å². The second-order valence-corrected chi connectivity index (χ2v) is 36.7. The molecule has 7 nitrogen and oxygen atoms in total. The fourth-order valence-corrected chi connectivity index (χ4v) is 22.6. The molecule has 0 bridgehead atoms. The third-order valence-corrected chi connectivity index (χ3v) is 28.6. The van der Waals surface area contributed by atoms with Gasteiger partial charge in [-0.05, 0) is 271 Å². The van der Waals surface area contributed by atoms with Gasteiger partial charge in [-0.15, -0.1) is 0 Å². The van der Waals surface area contributed by atoms with E-state index in [1.807, 2.05) is 6.92 Å². The highest BCUT2D eigenvalue weighted by molar-refractivity contribution is 5.76. The molecule has 0 aromatic rings. The monoisotopic (exact) mass is 1310 g/mol.